The lowest BCUT2D eigenvalue weighted by molar-refractivity contribution is -0.136. The number of sulfone groups is 1. The maximum absolute atomic E-state index is 12.0. The number of carbonyl (C=O) groups is 2. The van der Waals surface area contributed by atoms with Crippen molar-refractivity contribution in [3.8, 4) is 0 Å². The molecule has 6 nitrogen and oxygen atoms in total. The van der Waals surface area contributed by atoms with Gasteiger partial charge in [-0.25, -0.2) is 8.42 Å². The number of amides is 2. The van der Waals surface area contributed by atoms with E-state index in [-0.39, 0.29) is 41.9 Å². The van der Waals surface area contributed by atoms with Gasteiger partial charge in [-0.2, -0.15) is 0 Å². The van der Waals surface area contributed by atoms with Gasteiger partial charge in [0.05, 0.1) is 18.1 Å². The highest BCUT2D eigenvalue weighted by molar-refractivity contribution is 7.91. The molecule has 2 amide bonds. The van der Waals surface area contributed by atoms with Crippen LogP contribution in [0.4, 0.5) is 0 Å². The molecule has 0 aromatic carbocycles. The Morgan fingerprint density at radius 3 is 2.35 bits per heavy atom. The predicted octanol–water partition coefficient (Wildman–Crippen LogP) is 0.0808. The van der Waals surface area contributed by atoms with Gasteiger partial charge in [-0.15, -0.1) is 0 Å². The van der Waals surface area contributed by atoms with Crippen LogP contribution in [-0.4, -0.2) is 55.3 Å². The van der Waals surface area contributed by atoms with Gasteiger partial charge in [0.1, 0.15) is 0 Å². The minimum Gasteiger partial charge on any atom is -0.352 e. The molecule has 1 aliphatic carbocycles. The summed E-state index contributed by atoms with van der Waals surface area (Å²) < 4.78 is 23.0. The van der Waals surface area contributed by atoms with Gasteiger partial charge < -0.3 is 10.2 Å². The largest absolute Gasteiger partial charge is 0.352 e. The third kappa shape index (κ3) is 3.94. The Balaban J connectivity index is 1.92. The summed E-state index contributed by atoms with van der Waals surface area (Å²) >= 11 is 0. The molecular formula is C13H22N2O4S. The normalized spacial score (nSPS) is 25.6. The zero-order valence-electron chi connectivity index (χ0n) is 11.8. The molecule has 0 aromatic rings. The van der Waals surface area contributed by atoms with Gasteiger partial charge >= 0.3 is 0 Å². The average Bonchev–Trinajstić information content (AvgIpc) is 2.95. The molecule has 0 radical (unpaired) electrons. The summed E-state index contributed by atoms with van der Waals surface area (Å²) in [6.45, 7) is 1.35. The highest BCUT2D eigenvalue weighted by Gasteiger charge is 2.34. The van der Waals surface area contributed by atoms with E-state index in [2.05, 4.69) is 5.32 Å². The van der Waals surface area contributed by atoms with Crippen LogP contribution in [0.15, 0.2) is 0 Å². The van der Waals surface area contributed by atoms with Crippen LogP contribution < -0.4 is 5.32 Å². The third-order valence-corrected chi connectivity index (χ3v) is 5.84. The lowest BCUT2D eigenvalue weighted by Gasteiger charge is -2.27. The van der Waals surface area contributed by atoms with Crippen molar-refractivity contribution >= 4 is 21.7 Å². The molecule has 2 aliphatic rings. The van der Waals surface area contributed by atoms with Crippen LogP contribution in [0.2, 0.25) is 0 Å². The maximum atomic E-state index is 12.0. The smallest absolute Gasteiger partial charge is 0.239 e. The number of nitrogens with zero attached hydrogens (tertiary/aromatic N) is 1. The van der Waals surface area contributed by atoms with E-state index in [1.54, 1.807) is 0 Å². The second-order valence-electron chi connectivity index (χ2n) is 5.75. The Kier molecular flexibility index (Phi) is 4.67. The summed E-state index contributed by atoms with van der Waals surface area (Å²) in [7, 11) is -3.06. The third-order valence-electron chi connectivity index (χ3n) is 4.09. The highest BCUT2D eigenvalue weighted by Crippen LogP contribution is 2.19. The second-order valence-corrected chi connectivity index (χ2v) is 7.98. The van der Waals surface area contributed by atoms with E-state index in [9.17, 15) is 18.0 Å². The van der Waals surface area contributed by atoms with Crippen molar-refractivity contribution in [2.24, 2.45) is 0 Å². The van der Waals surface area contributed by atoms with Crippen LogP contribution in [0.3, 0.4) is 0 Å². The standard InChI is InChI=1S/C13H22N2O4S/c1-10(16)15(12-6-7-20(18,19)9-12)8-13(17)14-11-4-2-3-5-11/h11-12H,2-9H2,1H3,(H,14,17). The van der Waals surface area contributed by atoms with E-state index in [0.29, 0.717) is 6.42 Å². The molecule has 7 heteroatoms. The highest BCUT2D eigenvalue weighted by atomic mass is 32.2. The molecular weight excluding hydrogens is 280 g/mol. The first-order chi connectivity index (χ1) is 9.37. The Hall–Kier alpha value is -1.11. The van der Waals surface area contributed by atoms with Gasteiger partial charge in [0.15, 0.2) is 9.84 Å². The first-order valence-corrected chi connectivity index (χ1v) is 8.96. The Morgan fingerprint density at radius 1 is 1.20 bits per heavy atom. The topological polar surface area (TPSA) is 83.6 Å². The van der Waals surface area contributed by atoms with Gasteiger partial charge in [-0.1, -0.05) is 12.8 Å². The summed E-state index contributed by atoms with van der Waals surface area (Å²) in [5.41, 5.74) is 0. The summed E-state index contributed by atoms with van der Waals surface area (Å²) in [5, 5.41) is 2.93. The first kappa shape index (κ1) is 15.3. The van der Waals surface area contributed by atoms with E-state index in [1.165, 1.54) is 11.8 Å². The summed E-state index contributed by atoms with van der Waals surface area (Å²) in [5.74, 6) is -0.348. The summed E-state index contributed by atoms with van der Waals surface area (Å²) in [6.07, 6.45) is 4.66. The number of hydrogen-bond acceptors (Lipinski definition) is 4. The minimum atomic E-state index is -3.06. The second kappa shape index (κ2) is 6.11. The van der Waals surface area contributed by atoms with E-state index in [1.807, 2.05) is 0 Å². The van der Waals surface area contributed by atoms with Crippen molar-refractivity contribution in [3.05, 3.63) is 0 Å². The Morgan fingerprint density at radius 2 is 1.85 bits per heavy atom. The average molecular weight is 302 g/mol. The van der Waals surface area contributed by atoms with E-state index in [4.69, 9.17) is 0 Å². The summed E-state index contributed by atoms with van der Waals surface area (Å²) in [4.78, 5) is 25.0. The zero-order chi connectivity index (χ0) is 14.8. The van der Waals surface area contributed by atoms with E-state index < -0.39 is 9.84 Å². The molecule has 2 fully saturated rings. The SMILES string of the molecule is CC(=O)N(CC(=O)NC1CCCC1)C1CCS(=O)(=O)C1. The van der Waals surface area contributed by atoms with Gasteiger partial charge in [-0.05, 0) is 19.3 Å². The van der Waals surface area contributed by atoms with Gasteiger partial charge in [0.2, 0.25) is 11.8 Å². The van der Waals surface area contributed by atoms with Crippen LogP contribution in [0.5, 0.6) is 0 Å². The number of carbonyl (C=O) groups excluding carboxylic acids is 2. The predicted molar refractivity (Wildman–Crippen MR) is 74.8 cm³/mol. The molecule has 0 bridgehead atoms. The molecule has 1 saturated heterocycles. The lowest BCUT2D eigenvalue weighted by Crippen LogP contribution is -2.47. The Labute approximate surface area is 119 Å². The van der Waals surface area contributed by atoms with E-state index >= 15 is 0 Å². The van der Waals surface area contributed by atoms with E-state index in [0.717, 1.165) is 25.7 Å². The Bertz CT molecular complexity index is 483. The fourth-order valence-electron chi connectivity index (χ4n) is 3.02. The zero-order valence-corrected chi connectivity index (χ0v) is 12.6. The molecule has 20 heavy (non-hydrogen) atoms. The molecule has 1 atom stereocenters. The van der Waals surface area contributed by atoms with Crippen LogP contribution >= 0.6 is 0 Å². The number of nitrogens with one attached hydrogen (secondary N) is 1. The van der Waals surface area contributed by atoms with Crippen LogP contribution in [0, 0.1) is 0 Å². The molecule has 1 unspecified atom stereocenters. The van der Waals surface area contributed by atoms with Crippen molar-refractivity contribution in [2.45, 2.75) is 51.1 Å². The maximum Gasteiger partial charge on any atom is 0.239 e. The fraction of sp³-hybridized carbons (Fsp3) is 0.846. The molecule has 0 aromatic heterocycles. The first-order valence-electron chi connectivity index (χ1n) is 7.14. The number of rotatable bonds is 4. The molecule has 1 N–H and O–H groups in total. The number of hydrogen-bond donors (Lipinski definition) is 1. The van der Waals surface area contributed by atoms with Crippen LogP contribution in [0.25, 0.3) is 0 Å². The van der Waals surface area contributed by atoms with Crippen molar-refractivity contribution in [3.63, 3.8) is 0 Å². The quantitative estimate of drug-likeness (QED) is 0.797. The molecule has 1 heterocycles. The van der Waals surface area contributed by atoms with Crippen molar-refractivity contribution in [1.29, 1.82) is 0 Å². The van der Waals surface area contributed by atoms with Crippen molar-refractivity contribution in [1.82, 2.24) is 10.2 Å². The molecule has 1 aliphatic heterocycles. The van der Waals surface area contributed by atoms with Crippen molar-refractivity contribution in [2.75, 3.05) is 18.1 Å². The van der Waals surface area contributed by atoms with Crippen LogP contribution in [0.1, 0.15) is 39.0 Å². The lowest BCUT2D eigenvalue weighted by atomic mass is 10.2. The van der Waals surface area contributed by atoms with Crippen LogP contribution in [-0.2, 0) is 19.4 Å². The molecule has 0 spiro atoms. The molecule has 114 valence electrons. The summed E-state index contributed by atoms with van der Waals surface area (Å²) in [6, 6.07) is -0.143. The minimum absolute atomic E-state index is 0.0245. The molecule has 2 rings (SSSR count). The van der Waals surface area contributed by atoms with Gasteiger partial charge in [0, 0.05) is 19.0 Å². The van der Waals surface area contributed by atoms with Gasteiger partial charge in [0.25, 0.3) is 0 Å². The van der Waals surface area contributed by atoms with Crippen molar-refractivity contribution < 1.29 is 18.0 Å². The van der Waals surface area contributed by atoms with Gasteiger partial charge in [-0.3, -0.25) is 9.59 Å². The fourth-order valence-corrected chi connectivity index (χ4v) is 4.75. The monoisotopic (exact) mass is 302 g/mol. The molecule has 1 saturated carbocycles.